The van der Waals surface area contributed by atoms with Gasteiger partial charge in [-0.05, 0) is 18.7 Å². The van der Waals surface area contributed by atoms with Gasteiger partial charge in [-0.25, -0.2) is 0 Å². The van der Waals surface area contributed by atoms with Crippen LogP contribution in [0.15, 0.2) is 22.9 Å². The number of hydrogen-bond acceptors (Lipinski definition) is 2. The molecule has 1 heterocycles. The zero-order valence-electron chi connectivity index (χ0n) is 5.76. The molecule has 0 amide bonds. The second-order valence-corrected chi connectivity index (χ2v) is 2.85. The molecule has 0 aliphatic heterocycles. The third-order valence-electron chi connectivity index (χ3n) is 1.21. The van der Waals surface area contributed by atoms with Gasteiger partial charge in [0.2, 0.25) is 0 Å². The molecular weight excluding hydrogens is 192 g/mol. The van der Waals surface area contributed by atoms with Gasteiger partial charge in [-0.15, -0.1) is 0 Å². The molecule has 1 N–H and O–H groups in total. The number of hydrogen-bond donors (Lipinski definition) is 1. The van der Waals surface area contributed by atoms with Crippen molar-refractivity contribution in [2.75, 3.05) is 7.05 Å². The normalized spacial score (nSPS) is 9.80. The summed E-state index contributed by atoms with van der Waals surface area (Å²) in [5.41, 5.74) is 1.19. The maximum Gasteiger partial charge on any atom is 0.0324 e. The molecule has 0 aromatic carbocycles. The Balaban J connectivity index is 2.81. The molecule has 2 nitrogen and oxygen atoms in total. The van der Waals surface area contributed by atoms with E-state index in [-0.39, 0.29) is 0 Å². The van der Waals surface area contributed by atoms with E-state index in [9.17, 15) is 0 Å². The third-order valence-corrected chi connectivity index (χ3v) is 1.98. The molecule has 0 aliphatic carbocycles. The van der Waals surface area contributed by atoms with Crippen molar-refractivity contribution in [2.24, 2.45) is 0 Å². The molecule has 0 fully saturated rings. The van der Waals surface area contributed by atoms with Crippen LogP contribution in [0.2, 0.25) is 0 Å². The molecule has 0 saturated carbocycles. The van der Waals surface area contributed by atoms with Gasteiger partial charge in [-0.1, -0.05) is 15.9 Å². The molecule has 0 spiro atoms. The highest BCUT2D eigenvalue weighted by Gasteiger charge is 1.94. The maximum atomic E-state index is 3.99. The summed E-state index contributed by atoms with van der Waals surface area (Å²) in [6.45, 7) is 0.856. The fourth-order valence-electron chi connectivity index (χ4n) is 0.731. The van der Waals surface area contributed by atoms with Gasteiger partial charge in [0.1, 0.15) is 0 Å². The van der Waals surface area contributed by atoms with Gasteiger partial charge in [-0.3, -0.25) is 4.98 Å². The highest BCUT2D eigenvalue weighted by molar-refractivity contribution is 9.10. The minimum atomic E-state index is 0.856. The molecule has 0 radical (unpaired) electrons. The van der Waals surface area contributed by atoms with Crippen LogP contribution in [0.3, 0.4) is 0 Å². The zero-order chi connectivity index (χ0) is 7.40. The Kier molecular flexibility index (Phi) is 2.83. The Hall–Kier alpha value is -0.410. The summed E-state index contributed by atoms with van der Waals surface area (Å²) in [5, 5.41) is 3.05. The number of nitrogens with one attached hydrogen (secondary N) is 1. The van der Waals surface area contributed by atoms with Crippen LogP contribution in [0.25, 0.3) is 0 Å². The van der Waals surface area contributed by atoms with Gasteiger partial charge < -0.3 is 5.32 Å². The molecule has 0 unspecified atom stereocenters. The number of rotatable bonds is 2. The monoisotopic (exact) mass is 200 g/mol. The first-order chi connectivity index (χ1) is 4.84. The van der Waals surface area contributed by atoms with Gasteiger partial charge in [-0.2, -0.15) is 0 Å². The first-order valence-corrected chi connectivity index (χ1v) is 3.87. The highest BCUT2D eigenvalue weighted by Crippen LogP contribution is 2.13. The van der Waals surface area contributed by atoms with E-state index < -0.39 is 0 Å². The van der Waals surface area contributed by atoms with Crippen molar-refractivity contribution in [3.05, 3.63) is 28.5 Å². The lowest BCUT2D eigenvalue weighted by Gasteiger charge is -2.00. The molecule has 0 aliphatic rings. The molecule has 0 saturated heterocycles. The summed E-state index contributed by atoms with van der Waals surface area (Å²) in [5.74, 6) is 0. The van der Waals surface area contributed by atoms with Gasteiger partial charge >= 0.3 is 0 Å². The van der Waals surface area contributed by atoms with E-state index in [1.54, 1.807) is 6.20 Å². The Morgan fingerprint density at radius 2 is 2.50 bits per heavy atom. The summed E-state index contributed by atoms with van der Waals surface area (Å²) in [6, 6.07) is 1.94. The number of nitrogens with zero attached hydrogens (tertiary/aromatic N) is 1. The molecule has 1 rings (SSSR count). The SMILES string of the molecule is CNCc1cnccc1Br. The van der Waals surface area contributed by atoms with E-state index in [0.717, 1.165) is 11.0 Å². The quantitative estimate of drug-likeness (QED) is 0.785. The fourth-order valence-corrected chi connectivity index (χ4v) is 1.09. The van der Waals surface area contributed by atoms with Crippen molar-refractivity contribution in [1.29, 1.82) is 0 Å². The van der Waals surface area contributed by atoms with E-state index in [4.69, 9.17) is 0 Å². The topological polar surface area (TPSA) is 24.9 Å². The molecular formula is C7H9BrN2. The first kappa shape index (κ1) is 7.69. The average molecular weight is 201 g/mol. The molecule has 3 heteroatoms. The third kappa shape index (κ3) is 1.78. The highest BCUT2D eigenvalue weighted by atomic mass is 79.9. The largest absolute Gasteiger partial charge is 0.316 e. The smallest absolute Gasteiger partial charge is 0.0324 e. The van der Waals surface area contributed by atoms with E-state index >= 15 is 0 Å². The van der Waals surface area contributed by atoms with Crippen molar-refractivity contribution in [3.8, 4) is 0 Å². The molecule has 1 aromatic heterocycles. The van der Waals surface area contributed by atoms with Crippen LogP contribution < -0.4 is 5.32 Å². The molecule has 0 bridgehead atoms. The molecule has 1 aromatic rings. The van der Waals surface area contributed by atoms with E-state index in [2.05, 4.69) is 26.2 Å². The zero-order valence-corrected chi connectivity index (χ0v) is 7.35. The van der Waals surface area contributed by atoms with Crippen molar-refractivity contribution < 1.29 is 0 Å². The average Bonchev–Trinajstić information content (AvgIpc) is 1.94. The lowest BCUT2D eigenvalue weighted by molar-refractivity contribution is 0.809. The summed E-state index contributed by atoms with van der Waals surface area (Å²) >= 11 is 3.42. The molecule has 54 valence electrons. The maximum absolute atomic E-state index is 3.99. The molecule has 10 heavy (non-hydrogen) atoms. The second-order valence-electron chi connectivity index (χ2n) is 2.00. The van der Waals surface area contributed by atoms with E-state index in [1.165, 1.54) is 5.56 Å². The lowest BCUT2D eigenvalue weighted by Crippen LogP contribution is -2.05. The van der Waals surface area contributed by atoms with Crippen molar-refractivity contribution in [3.63, 3.8) is 0 Å². The van der Waals surface area contributed by atoms with Crippen LogP contribution in [0, 0.1) is 0 Å². The summed E-state index contributed by atoms with van der Waals surface area (Å²) in [7, 11) is 1.92. The number of aromatic nitrogens is 1. The van der Waals surface area contributed by atoms with Crippen LogP contribution >= 0.6 is 15.9 Å². The predicted molar refractivity (Wildman–Crippen MR) is 44.7 cm³/mol. The predicted octanol–water partition coefficient (Wildman–Crippen LogP) is 1.56. The van der Waals surface area contributed by atoms with Crippen LogP contribution in [0.5, 0.6) is 0 Å². The standard InChI is InChI=1S/C7H9BrN2/c1-9-4-6-5-10-3-2-7(6)8/h2-3,5,9H,4H2,1H3. The van der Waals surface area contributed by atoms with Gasteiger partial charge in [0.05, 0.1) is 0 Å². The van der Waals surface area contributed by atoms with Gasteiger partial charge in [0.25, 0.3) is 0 Å². The van der Waals surface area contributed by atoms with Gasteiger partial charge in [0, 0.05) is 23.4 Å². The fraction of sp³-hybridized carbons (Fsp3) is 0.286. The van der Waals surface area contributed by atoms with Crippen LogP contribution in [0.1, 0.15) is 5.56 Å². The van der Waals surface area contributed by atoms with Crippen molar-refractivity contribution in [1.82, 2.24) is 10.3 Å². The minimum Gasteiger partial charge on any atom is -0.316 e. The lowest BCUT2D eigenvalue weighted by atomic mass is 10.3. The Bertz CT molecular complexity index is 213. The summed E-state index contributed by atoms with van der Waals surface area (Å²) in [6.07, 6.45) is 3.61. The van der Waals surface area contributed by atoms with Crippen molar-refractivity contribution in [2.45, 2.75) is 6.54 Å². The van der Waals surface area contributed by atoms with Crippen molar-refractivity contribution >= 4 is 15.9 Å². The number of halogens is 1. The van der Waals surface area contributed by atoms with E-state index in [1.807, 2.05) is 19.3 Å². The van der Waals surface area contributed by atoms with Crippen LogP contribution in [-0.2, 0) is 6.54 Å². The Morgan fingerprint density at radius 3 is 3.10 bits per heavy atom. The number of pyridine rings is 1. The summed E-state index contributed by atoms with van der Waals surface area (Å²) in [4.78, 5) is 3.99. The van der Waals surface area contributed by atoms with Gasteiger partial charge in [0.15, 0.2) is 0 Å². The Morgan fingerprint density at radius 1 is 1.70 bits per heavy atom. The van der Waals surface area contributed by atoms with Crippen LogP contribution in [0.4, 0.5) is 0 Å². The van der Waals surface area contributed by atoms with E-state index in [0.29, 0.717) is 0 Å². The minimum absolute atomic E-state index is 0.856. The summed E-state index contributed by atoms with van der Waals surface area (Å²) < 4.78 is 1.11. The van der Waals surface area contributed by atoms with Crippen LogP contribution in [-0.4, -0.2) is 12.0 Å². The first-order valence-electron chi connectivity index (χ1n) is 3.07. The Labute approximate surface area is 68.8 Å². The molecule has 0 atom stereocenters. The second kappa shape index (κ2) is 3.68.